The Balaban J connectivity index is 1.91. The highest BCUT2D eigenvalue weighted by molar-refractivity contribution is 5.70. The number of benzene rings is 1. The lowest BCUT2D eigenvalue weighted by molar-refractivity contribution is -0.141. The van der Waals surface area contributed by atoms with Crippen molar-refractivity contribution < 1.29 is 27.8 Å². The predicted molar refractivity (Wildman–Crippen MR) is 93.2 cm³/mol. The fourth-order valence-corrected chi connectivity index (χ4v) is 3.60. The minimum absolute atomic E-state index is 0.0254. The van der Waals surface area contributed by atoms with E-state index in [1.807, 2.05) is 0 Å². The number of pyridine rings is 1. The summed E-state index contributed by atoms with van der Waals surface area (Å²) < 4.78 is 45.6. The smallest absolute Gasteiger partial charge is 0.306 e. The number of rotatable bonds is 6. The predicted octanol–water partition coefficient (Wildman–Crippen LogP) is 1.80. The number of nitrogens with zero attached hydrogens (tertiary/aromatic N) is 1. The fraction of sp³-hybridized carbons (Fsp3) is 0.368. The lowest BCUT2D eigenvalue weighted by Crippen LogP contribution is -2.36. The molecular formula is C19H20F3N3O3. The Kier molecular flexibility index (Phi) is 6.28. The molecule has 9 heteroatoms. The number of halogens is 3. The Morgan fingerprint density at radius 2 is 1.86 bits per heavy atom. The molecule has 4 atom stereocenters. The summed E-state index contributed by atoms with van der Waals surface area (Å²) in [4.78, 5) is 15.9. The van der Waals surface area contributed by atoms with Gasteiger partial charge in [0.15, 0.2) is 11.6 Å². The van der Waals surface area contributed by atoms with Gasteiger partial charge in [0.25, 0.3) is 0 Å². The summed E-state index contributed by atoms with van der Waals surface area (Å²) >= 11 is 0. The molecule has 3 N–H and O–H groups in total. The molecule has 150 valence electrons. The third-order valence-electron chi connectivity index (χ3n) is 4.99. The highest BCUT2D eigenvalue weighted by Gasteiger charge is 2.42. The van der Waals surface area contributed by atoms with E-state index in [-0.39, 0.29) is 18.4 Å². The highest BCUT2D eigenvalue weighted by atomic mass is 19.2. The van der Waals surface area contributed by atoms with Crippen molar-refractivity contribution in [1.82, 2.24) is 15.8 Å². The summed E-state index contributed by atoms with van der Waals surface area (Å²) in [5.41, 5.74) is 6.23. The second-order valence-electron chi connectivity index (χ2n) is 6.65. The normalized spacial score (nSPS) is 22.8. The Bertz CT molecular complexity index is 838. The zero-order valence-electron chi connectivity index (χ0n) is 15.0. The lowest BCUT2D eigenvalue weighted by atomic mass is 9.78. The molecule has 28 heavy (non-hydrogen) atoms. The molecule has 2 heterocycles. The summed E-state index contributed by atoms with van der Waals surface area (Å²) in [7, 11) is 1.27. The second kappa shape index (κ2) is 8.68. The summed E-state index contributed by atoms with van der Waals surface area (Å²) in [6.07, 6.45) is 2.02. The first-order chi connectivity index (χ1) is 13.4. The first kappa shape index (κ1) is 20.2. The van der Waals surface area contributed by atoms with Gasteiger partial charge in [-0.15, -0.1) is 0 Å². The number of aliphatic hydroxyl groups is 1. The molecule has 0 radical (unpaired) electrons. The molecule has 0 aliphatic carbocycles. The van der Waals surface area contributed by atoms with Gasteiger partial charge in [-0.05, 0) is 35.7 Å². The number of carbonyl (C=O) groups is 1. The lowest BCUT2D eigenvalue weighted by Gasteiger charge is -2.29. The van der Waals surface area contributed by atoms with Gasteiger partial charge in [0.05, 0.1) is 13.5 Å². The zero-order valence-corrected chi connectivity index (χ0v) is 15.0. The molecule has 2 aromatic rings. The van der Waals surface area contributed by atoms with E-state index >= 15 is 0 Å². The fourth-order valence-electron chi connectivity index (χ4n) is 3.60. The highest BCUT2D eigenvalue weighted by Crippen LogP contribution is 2.36. The Morgan fingerprint density at radius 3 is 2.54 bits per heavy atom. The van der Waals surface area contributed by atoms with Crippen LogP contribution in [-0.2, 0) is 16.0 Å². The van der Waals surface area contributed by atoms with E-state index in [4.69, 9.17) is 4.74 Å². The molecule has 1 aromatic carbocycles. The number of methoxy groups -OCH3 is 1. The van der Waals surface area contributed by atoms with Crippen LogP contribution < -0.4 is 10.9 Å². The molecule has 1 saturated heterocycles. The maximum atomic E-state index is 14.1. The Hall–Kier alpha value is -2.49. The van der Waals surface area contributed by atoms with Gasteiger partial charge in [-0.1, -0.05) is 0 Å². The van der Waals surface area contributed by atoms with E-state index in [0.29, 0.717) is 6.07 Å². The maximum absolute atomic E-state index is 14.1. The van der Waals surface area contributed by atoms with Gasteiger partial charge in [0.2, 0.25) is 0 Å². The van der Waals surface area contributed by atoms with Crippen LogP contribution in [0.2, 0.25) is 0 Å². The maximum Gasteiger partial charge on any atom is 0.306 e. The number of ether oxygens (including phenoxy) is 1. The van der Waals surface area contributed by atoms with Gasteiger partial charge >= 0.3 is 5.97 Å². The number of nitrogens with one attached hydrogen (secondary N) is 2. The van der Waals surface area contributed by atoms with Crippen LogP contribution in [-0.4, -0.2) is 35.4 Å². The molecule has 6 nitrogen and oxygen atoms in total. The summed E-state index contributed by atoms with van der Waals surface area (Å²) in [5, 5.41) is 10.5. The Labute approximate surface area is 159 Å². The number of carbonyl (C=O) groups excluding carboxylic acids is 1. The number of aliphatic hydroxyl groups excluding tert-OH is 1. The van der Waals surface area contributed by atoms with E-state index in [2.05, 4.69) is 15.8 Å². The molecule has 0 saturated carbocycles. The summed E-state index contributed by atoms with van der Waals surface area (Å²) in [5.74, 6) is -4.83. The van der Waals surface area contributed by atoms with Crippen LogP contribution in [0, 0.1) is 23.4 Å². The molecule has 1 aliphatic heterocycles. The van der Waals surface area contributed by atoms with E-state index in [0.717, 1.165) is 11.6 Å². The average Bonchev–Trinajstić information content (AvgIpc) is 3.04. The Morgan fingerprint density at radius 1 is 1.18 bits per heavy atom. The molecule has 3 rings (SSSR count). The van der Waals surface area contributed by atoms with E-state index in [1.165, 1.54) is 7.11 Å². The van der Waals surface area contributed by atoms with Crippen molar-refractivity contribution in [2.24, 2.45) is 5.92 Å². The second-order valence-corrected chi connectivity index (χ2v) is 6.65. The van der Waals surface area contributed by atoms with Crippen LogP contribution in [0.3, 0.4) is 0 Å². The van der Waals surface area contributed by atoms with Gasteiger partial charge in [0, 0.05) is 36.3 Å². The largest absolute Gasteiger partial charge is 0.469 e. The van der Waals surface area contributed by atoms with Crippen LogP contribution in [0.5, 0.6) is 0 Å². The van der Waals surface area contributed by atoms with Crippen LogP contribution in [0.15, 0.2) is 36.7 Å². The van der Waals surface area contributed by atoms with E-state index < -0.39 is 47.5 Å². The summed E-state index contributed by atoms with van der Waals surface area (Å²) in [6, 6.07) is 4.17. The minimum atomic E-state index is -1.27. The monoisotopic (exact) mass is 395 g/mol. The summed E-state index contributed by atoms with van der Waals surface area (Å²) in [6.45, 7) is 0. The standard InChI is InChI=1S/C19H20F3N3O3/c1-28-17(26)8-12(10-2-4-23-5-3-10)18-16(24-25-19(18)27)7-11-6-14(21)15(22)9-13(11)20/h2-6,9,12,16,18-19,24-25,27H,7-8H2,1H3. The van der Waals surface area contributed by atoms with Crippen LogP contribution in [0.25, 0.3) is 0 Å². The molecule has 0 amide bonds. The van der Waals surface area contributed by atoms with Gasteiger partial charge in [-0.25, -0.2) is 18.6 Å². The first-order valence-corrected chi connectivity index (χ1v) is 8.70. The SMILES string of the molecule is COC(=O)CC(c1ccncc1)C1C(O)NNC1Cc1cc(F)c(F)cc1F. The van der Waals surface area contributed by atoms with Gasteiger partial charge in [-0.3, -0.25) is 15.2 Å². The van der Waals surface area contributed by atoms with Crippen molar-refractivity contribution in [3.63, 3.8) is 0 Å². The van der Waals surface area contributed by atoms with Gasteiger partial charge in [-0.2, -0.15) is 0 Å². The van der Waals surface area contributed by atoms with E-state index in [1.54, 1.807) is 24.5 Å². The molecular weight excluding hydrogens is 375 g/mol. The number of hydrogen-bond acceptors (Lipinski definition) is 6. The van der Waals surface area contributed by atoms with Crippen LogP contribution in [0.4, 0.5) is 13.2 Å². The van der Waals surface area contributed by atoms with Crippen molar-refractivity contribution in [2.45, 2.75) is 31.0 Å². The first-order valence-electron chi connectivity index (χ1n) is 8.70. The number of hydrazine groups is 1. The third kappa shape index (κ3) is 4.32. The van der Waals surface area contributed by atoms with Crippen molar-refractivity contribution in [3.05, 3.63) is 65.2 Å². The van der Waals surface area contributed by atoms with E-state index in [9.17, 15) is 23.1 Å². The molecule has 0 spiro atoms. The molecule has 1 fully saturated rings. The zero-order chi connectivity index (χ0) is 20.3. The molecule has 0 bridgehead atoms. The van der Waals surface area contributed by atoms with Crippen molar-refractivity contribution in [2.75, 3.05) is 7.11 Å². The molecule has 4 unspecified atom stereocenters. The van der Waals surface area contributed by atoms with Gasteiger partial charge in [0.1, 0.15) is 12.0 Å². The third-order valence-corrected chi connectivity index (χ3v) is 4.99. The van der Waals surface area contributed by atoms with Crippen LogP contribution >= 0.6 is 0 Å². The quantitative estimate of drug-likeness (QED) is 0.511. The van der Waals surface area contributed by atoms with Crippen molar-refractivity contribution in [1.29, 1.82) is 0 Å². The van der Waals surface area contributed by atoms with Crippen molar-refractivity contribution >= 4 is 5.97 Å². The van der Waals surface area contributed by atoms with Crippen molar-refractivity contribution in [3.8, 4) is 0 Å². The number of aromatic nitrogens is 1. The van der Waals surface area contributed by atoms with Crippen LogP contribution in [0.1, 0.15) is 23.5 Å². The molecule has 1 aromatic heterocycles. The topological polar surface area (TPSA) is 83.5 Å². The number of esters is 1. The van der Waals surface area contributed by atoms with Gasteiger partial charge < -0.3 is 9.84 Å². The average molecular weight is 395 g/mol. The molecule has 1 aliphatic rings. The number of hydrogen-bond donors (Lipinski definition) is 3. The minimum Gasteiger partial charge on any atom is -0.469 e.